The number of nitrogens with zero attached hydrogens (tertiary/aromatic N) is 1. The van der Waals surface area contributed by atoms with Gasteiger partial charge >= 0.3 is 5.97 Å². The molecule has 0 saturated carbocycles. The molecule has 3 rings (SSSR count). The minimum atomic E-state index is -1.21. The first-order valence-electron chi connectivity index (χ1n) is 8.57. The van der Waals surface area contributed by atoms with Crippen molar-refractivity contribution in [2.75, 3.05) is 0 Å². The van der Waals surface area contributed by atoms with Gasteiger partial charge in [-0.05, 0) is 31.2 Å². The molecule has 0 amide bonds. The van der Waals surface area contributed by atoms with E-state index in [-0.39, 0.29) is 5.69 Å². The van der Waals surface area contributed by atoms with Crippen LogP contribution in [0.1, 0.15) is 37.9 Å². The third kappa shape index (κ3) is 4.29. The fourth-order valence-corrected chi connectivity index (χ4v) is 2.66. The smallest absolute Gasteiger partial charge is 0.339 e. The SMILES string of the molecule is Cc1ccc(C(=O)OC(C(=O)c2ccccc2)c2ccc([N+](=O)[O-])cc2)cc1. The van der Waals surface area contributed by atoms with Crippen LogP contribution in [0, 0.1) is 17.0 Å². The first-order valence-corrected chi connectivity index (χ1v) is 8.57. The average Bonchev–Trinajstić information content (AvgIpc) is 2.72. The van der Waals surface area contributed by atoms with E-state index in [0.717, 1.165) is 5.56 Å². The van der Waals surface area contributed by atoms with Crippen LogP contribution >= 0.6 is 0 Å². The van der Waals surface area contributed by atoms with E-state index in [1.165, 1.54) is 24.3 Å². The van der Waals surface area contributed by atoms with Gasteiger partial charge in [0, 0.05) is 23.3 Å². The van der Waals surface area contributed by atoms with Crippen LogP contribution in [-0.4, -0.2) is 16.7 Å². The van der Waals surface area contributed by atoms with Gasteiger partial charge in [0.25, 0.3) is 5.69 Å². The highest BCUT2D eigenvalue weighted by Gasteiger charge is 2.27. The van der Waals surface area contributed by atoms with E-state index in [9.17, 15) is 19.7 Å². The molecule has 0 aliphatic heterocycles. The topological polar surface area (TPSA) is 86.5 Å². The highest BCUT2D eigenvalue weighted by Crippen LogP contribution is 2.26. The van der Waals surface area contributed by atoms with Crippen molar-refractivity contribution in [2.45, 2.75) is 13.0 Å². The van der Waals surface area contributed by atoms with E-state index < -0.39 is 22.8 Å². The number of carbonyl (C=O) groups is 2. The quantitative estimate of drug-likeness (QED) is 0.270. The van der Waals surface area contributed by atoms with Gasteiger partial charge in [-0.25, -0.2) is 4.79 Å². The number of aryl methyl sites for hydroxylation is 1. The molecule has 0 aromatic heterocycles. The van der Waals surface area contributed by atoms with Crippen molar-refractivity contribution in [1.29, 1.82) is 0 Å². The van der Waals surface area contributed by atoms with Gasteiger partial charge in [0.15, 0.2) is 6.10 Å². The molecule has 6 heteroatoms. The van der Waals surface area contributed by atoms with Crippen molar-refractivity contribution in [3.8, 4) is 0 Å². The van der Waals surface area contributed by atoms with E-state index >= 15 is 0 Å². The summed E-state index contributed by atoms with van der Waals surface area (Å²) in [5.41, 5.74) is 1.93. The Labute approximate surface area is 161 Å². The number of ketones is 1. The van der Waals surface area contributed by atoms with Crippen LogP contribution in [0.25, 0.3) is 0 Å². The third-order valence-electron chi connectivity index (χ3n) is 4.22. The molecule has 1 unspecified atom stereocenters. The summed E-state index contributed by atoms with van der Waals surface area (Å²) in [5, 5.41) is 10.9. The largest absolute Gasteiger partial charge is 0.445 e. The van der Waals surface area contributed by atoms with Crippen LogP contribution in [0.4, 0.5) is 5.69 Å². The van der Waals surface area contributed by atoms with E-state index in [1.807, 2.05) is 6.92 Å². The molecular weight excluding hydrogens is 358 g/mol. The van der Waals surface area contributed by atoms with Crippen LogP contribution in [-0.2, 0) is 4.74 Å². The first kappa shape index (κ1) is 19.0. The van der Waals surface area contributed by atoms with Crippen molar-refractivity contribution in [1.82, 2.24) is 0 Å². The second kappa shape index (κ2) is 8.26. The normalized spacial score (nSPS) is 11.5. The van der Waals surface area contributed by atoms with Crippen LogP contribution in [0.2, 0.25) is 0 Å². The predicted molar refractivity (Wildman–Crippen MR) is 103 cm³/mol. The van der Waals surface area contributed by atoms with Gasteiger partial charge in [0.1, 0.15) is 0 Å². The second-order valence-electron chi connectivity index (χ2n) is 6.23. The van der Waals surface area contributed by atoms with Crippen molar-refractivity contribution in [3.63, 3.8) is 0 Å². The van der Waals surface area contributed by atoms with Gasteiger partial charge in [0.05, 0.1) is 10.5 Å². The lowest BCUT2D eigenvalue weighted by atomic mass is 9.99. The molecule has 140 valence electrons. The number of nitro groups is 1. The zero-order valence-electron chi connectivity index (χ0n) is 15.1. The predicted octanol–water partition coefficient (Wildman–Crippen LogP) is 4.68. The number of Topliss-reactive ketones (excluding diaryl/α,β-unsaturated/α-hetero) is 1. The molecule has 0 bridgehead atoms. The van der Waals surface area contributed by atoms with E-state index in [2.05, 4.69) is 0 Å². The van der Waals surface area contributed by atoms with E-state index in [0.29, 0.717) is 16.7 Å². The number of hydrogen-bond acceptors (Lipinski definition) is 5. The minimum absolute atomic E-state index is 0.112. The molecule has 0 radical (unpaired) electrons. The lowest BCUT2D eigenvalue weighted by Crippen LogP contribution is -2.20. The van der Waals surface area contributed by atoms with Gasteiger partial charge in [-0.15, -0.1) is 0 Å². The van der Waals surface area contributed by atoms with Crippen molar-refractivity contribution >= 4 is 17.4 Å². The van der Waals surface area contributed by atoms with Gasteiger partial charge in [-0.2, -0.15) is 0 Å². The Morgan fingerprint density at radius 1 is 0.857 bits per heavy atom. The van der Waals surface area contributed by atoms with Crippen molar-refractivity contribution < 1.29 is 19.2 Å². The number of carbonyl (C=O) groups excluding carboxylic acids is 2. The molecule has 0 heterocycles. The lowest BCUT2D eigenvalue weighted by Gasteiger charge is -2.17. The number of ether oxygens (including phenoxy) is 1. The molecule has 0 aliphatic carbocycles. The number of benzene rings is 3. The van der Waals surface area contributed by atoms with Crippen LogP contribution < -0.4 is 0 Å². The minimum Gasteiger partial charge on any atom is -0.445 e. The maximum atomic E-state index is 13.0. The maximum Gasteiger partial charge on any atom is 0.339 e. The zero-order valence-corrected chi connectivity index (χ0v) is 15.1. The zero-order chi connectivity index (χ0) is 20.1. The van der Waals surface area contributed by atoms with Gasteiger partial charge in [-0.3, -0.25) is 14.9 Å². The van der Waals surface area contributed by atoms with Crippen molar-refractivity contribution in [3.05, 3.63) is 111 Å². The number of rotatable bonds is 6. The molecule has 0 fully saturated rings. The summed E-state index contributed by atoms with van der Waals surface area (Å²) in [6, 6.07) is 20.6. The molecule has 0 aliphatic rings. The molecule has 0 N–H and O–H groups in total. The third-order valence-corrected chi connectivity index (χ3v) is 4.22. The van der Waals surface area contributed by atoms with Crippen LogP contribution in [0.5, 0.6) is 0 Å². The molecule has 3 aromatic carbocycles. The summed E-state index contributed by atoms with van der Waals surface area (Å²) in [4.78, 5) is 35.9. The maximum absolute atomic E-state index is 13.0. The average molecular weight is 375 g/mol. The van der Waals surface area contributed by atoms with Crippen molar-refractivity contribution in [2.24, 2.45) is 0 Å². The van der Waals surface area contributed by atoms with E-state index in [1.54, 1.807) is 54.6 Å². The highest BCUT2D eigenvalue weighted by atomic mass is 16.6. The number of hydrogen-bond donors (Lipinski definition) is 0. The second-order valence-corrected chi connectivity index (χ2v) is 6.23. The summed E-state index contributed by atoms with van der Waals surface area (Å²) in [5.74, 6) is -1.05. The molecule has 1 atom stereocenters. The molecule has 28 heavy (non-hydrogen) atoms. The van der Waals surface area contributed by atoms with Gasteiger partial charge < -0.3 is 4.74 Å². The van der Waals surface area contributed by atoms with E-state index in [4.69, 9.17) is 4.74 Å². The van der Waals surface area contributed by atoms with Gasteiger partial charge in [-0.1, -0.05) is 48.0 Å². The standard InChI is InChI=1S/C22H17NO5/c1-15-7-9-18(10-8-15)22(25)28-21(20(24)16-5-3-2-4-6-16)17-11-13-19(14-12-17)23(26)27/h2-14,21H,1H3. The summed E-state index contributed by atoms with van der Waals surface area (Å²) < 4.78 is 5.52. The number of esters is 1. The summed E-state index contributed by atoms with van der Waals surface area (Å²) in [6.07, 6.45) is -1.21. The highest BCUT2D eigenvalue weighted by molar-refractivity contribution is 6.02. The lowest BCUT2D eigenvalue weighted by molar-refractivity contribution is -0.384. The first-order chi connectivity index (χ1) is 13.5. The molecule has 0 spiro atoms. The fourth-order valence-electron chi connectivity index (χ4n) is 2.66. The Kier molecular flexibility index (Phi) is 5.60. The number of non-ortho nitro benzene ring substituents is 1. The summed E-state index contributed by atoms with van der Waals surface area (Å²) in [7, 11) is 0. The fraction of sp³-hybridized carbons (Fsp3) is 0.0909. The van der Waals surface area contributed by atoms with Crippen LogP contribution in [0.3, 0.4) is 0 Å². The summed E-state index contributed by atoms with van der Waals surface area (Å²) >= 11 is 0. The number of nitro benzene ring substituents is 1. The molecule has 3 aromatic rings. The Hall–Kier alpha value is -3.80. The molecule has 6 nitrogen and oxygen atoms in total. The summed E-state index contributed by atoms with van der Waals surface area (Å²) in [6.45, 7) is 1.90. The Bertz CT molecular complexity index is 995. The molecular formula is C22H17NO5. The Morgan fingerprint density at radius 3 is 2.04 bits per heavy atom. The molecule has 0 saturated heterocycles. The Morgan fingerprint density at radius 2 is 1.46 bits per heavy atom. The Balaban J connectivity index is 1.94. The van der Waals surface area contributed by atoms with Gasteiger partial charge in [0.2, 0.25) is 5.78 Å². The monoisotopic (exact) mass is 375 g/mol. The van der Waals surface area contributed by atoms with Crippen LogP contribution in [0.15, 0.2) is 78.9 Å².